The summed E-state index contributed by atoms with van der Waals surface area (Å²) in [5.41, 5.74) is 0. The predicted molar refractivity (Wildman–Crippen MR) is 297 cm³/mol. The highest BCUT2D eigenvalue weighted by atomic mass is 16.6. The third-order valence-electron chi connectivity index (χ3n) is 10.5. The van der Waals surface area contributed by atoms with Crippen LogP contribution in [0.4, 0.5) is 0 Å². The van der Waals surface area contributed by atoms with Gasteiger partial charge in [0.1, 0.15) is 13.2 Å². The summed E-state index contributed by atoms with van der Waals surface area (Å²) < 4.78 is 16.7. The van der Waals surface area contributed by atoms with Crippen molar-refractivity contribution >= 4 is 17.9 Å². The fraction of sp³-hybridized carbons (Fsp3) is 0.540. The third kappa shape index (κ3) is 53.8. The molecule has 0 aliphatic heterocycles. The molecule has 0 N–H and O–H groups in total. The first-order valence-electron chi connectivity index (χ1n) is 27.0. The van der Waals surface area contributed by atoms with Crippen LogP contribution in [-0.2, 0) is 28.6 Å². The smallest absolute Gasteiger partial charge is 0.306 e. The van der Waals surface area contributed by atoms with Crippen LogP contribution in [0.25, 0.3) is 0 Å². The number of esters is 3. The van der Waals surface area contributed by atoms with E-state index in [2.05, 4.69) is 167 Å². The van der Waals surface area contributed by atoms with Gasteiger partial charge in [0.25, 0.3) is 0 Å². The zero-order chi connectivity index (χ0) is 50.0. The molecule has 6 heteroatoms. The average Bonchev–Trinajstić information content (AvgIpc) is 3.35. The van der Waals surface area contributed by atoms with E-state index in [4.69, 9.17) is 14.2 Å². The molecular formula is C63H96O6. The van der Waals surface area contributed by atoms with Gasteiger partial charge in [-0.3, -0.25) is 14.4 Å². The van der Waals surface area contributed by atoms with Crippen molar-refractivity contribution in [3.8, 4) is 0 Å². The van der Waals surface area contributed by atoms with Crippen molar-refractivity contribution in [2.24, 2.45) is 0 Å². The minimum Gasteiger partial charge on any atom is -0.462 e. The molecule has 6 nitrogen and oxygen atoms in total. The van der Waals surface area contributed by atoms with Crippen molar-refractivity contribution < 1.29 is 28.6 Å². The highest BCUT2D eigenvalue weighted by Crippen LogP contribution is 2.12. The molecular weight excluding hydrogens is 853 g/mol. The van der Waals surface area contributed by atoms with Gasteiger partial charge >= 0.3 is 17.9 Å². The lowest BCUT2D eigenvalue weighted by Crippen LogP contribution is -2.30. The van der Waals surface area contributed by atoms with Crippen LogP contribution in [0.1, 0.15) is 201 Å². The fourth-order valence-corrected chi connectivity index (χ4v) is 6.60. The number of allylic oxidation sites excluding steroid dienone is 26. The van der Waals surface area contributed by atoms with Gasteiger partial charge in [0.2, 0.25) is 0 Å². The monoisotopic (exact) mass is 949 g/mol. The van der Waals surface area contributed by atoms with E-state index < -0.39 is 12.1 Å². The topological polar surface area (TPSA) is 78.9 Å². The molecule has 69 heavy (non-hydrogen) atoms. The first-order valence-corrected chi connectivity index (χ1v) is 27.0. The van der Waals surface area contributed by atoms with E-state index in [9.17, 15) is 14.4 Å². The highest BCUT2D eigenvalue weighted by molar-refractivity contribution is 5.71. The number of ether oxygens (including phenoxy) is 3. The fourth-order valence-electron chi connectivity index (χ4n) is 6.60. The van der Waals surface area contributed by atoms with Gasteiger partial charge in [-0.1, -0.05) is 217 Å². The van der Waals surface area contributed by atoms with Gasteiger partial charge < -0.3 is 14.2 Å². The summed E-state index contributed by atoms with van der Waals surface area (Å²) in [5, 5.41) is 0. The third-order valence-corrected chi connectivity index (χ3v) is 10.5. The molecule has 1 unspecified atom stereocenters. The van der Waals surface area contributed by atoms with Crippen LogP contribution < -0.4 is 0 Å². The largest absolute Gasteiger partial charge is 0.462 e. The van der Waals surface area contributed by atoms with Crippen LogP contribution in [0.2, 0.25) is 0 Å². The zero-order valence-corrected chi connectivity index (χ0v) is 43.8. The molecule has 0 rings (SSSR count). The molecule has 0 aliphatic carbocycles. The van der Waals surface area contributed by atoms with Gasteiger partial charge in [-0.25, -0.2) is 0 Å². The summed E-state index contributed by atoms with van der Waals surface area (Å²) in [6, 6.07) is 0. The lowest BCUT2D eigenvalue weighted by atomic mass is 10.1. The predicted octanol–water partition coefficient (Wildman–Crippen LogP) is 18.2. The Labute approximate surface area is 422 Å². The van der Waals surface area contributed by atoms with Crippen molar-refractivity contribution in [3.05, 3.63) is 158 Å². The minimum atomic E-state index is -0.848. The number of hydrogen-bond donors (Lipinski definition) is 0. The van der Waals surface area contributed by atoms with Crippen molar-refractivity contribution in [3.63, 3.8) is 0 Å². The summed E-state index contributed by atoms with van der Waals surface area (Å²) in [6.07, 6.45) is 81.1. The van der Waals surface area contributed by atoms with Gasteiger partial charge in [0.05, 0.1) is 0 Å². The SMILES string of the molecule is CC/C=C\C/C=C\C/C=C\C/C=C\C/C=C\CCCC(=O)OC(COC(=O)CC/C=C\C/C=C\C/C=C\C/C=C\CC)COC(=O)CCCCCCCCCC/C=C\C/C=C\C/C=C\C/C=C\CC. The molecule has 0 radical (unpaired) electrons. The number of carbonyl (C=O) groups is 3. The van der Waals surface area contributed by atoms with Crippen molar-refractivity contribution in [1.29, 1.82) is 0 Å². The van der Waals surface area contributed by atoms with Gasteiger partial charge in [0, 0.05) is 19.3 Å². The normalized spacial score (nSPS) is 13.4. The molecule has 0 spiro atoms. The Balaban J connectivity index is 4.56. The van der Waals surface area contributed by atoms with E-state index in [1.54, 1.807) is 0 Å². The van der Waals surface area contributed by atoms with Gasteiger partial charge in [0.15, 0.2) is 6.10 Å². The molecule has 0 amide bonds. The highest BCUT2D eigenvalue weighted by Gasteiger charge is 2.19. The van der Waals surface area contributed by atoms with Crippen molar-refractivity contribution in [1.82, 2.24) is 0 Å². The Morgan fingerprint density at radius 1 is 0.290 bits per heavy atom. The van der Waals surface area contributed by atoms with Crippen molar-refractivity contribution in [2.45, 2.75) is 207 Å². The van der Waals surface area contributed by atoms with Crippen LogP contribution in [0.15, 0.2) is 158 Å². The maximum atomic E-state index is 12.8. The zero-order valence-electron chi connectivity index (χ0n) is 43.8. The lowest BCUT2D eigenvalue weighted by Gasteiger charge is -2.18. The molecule has 0 saturated heterocycles. The quantitative estimate of drug-likeness (QED) is 0.0262. The summed E-state index contributed by atoms with van der Waals surface area (Å²) in [4.78, 5) is 38.0. The minimum absolute atomic E-state index is 0.135. The first kappa shape index (κ1) is 64.0. The first-order chi connectivity index (χ1) is 34.0. The second kappa shape index (κ2) is 55.6. The average molecular weight is 949 g/mol. The molecule has 0 aliphatic rings. The molecule has 0 fully saturated rings. The van der Waals surface area contributed by atoms with Gasteiger partial charge in [-0.2, -0.15) is 0 Å². The molecule has 0 heterocycles. The second-order valence-corrected chi connectivity index (χ2v) is 17.0. The van der Waals surface area contributed by atoms with E-state index in [0.29, 0.717) is 19.3 Å². The number of rotatable bonds is 46. The Kier molecular flexibility index (Phi) is 51.6. The number of hydrogen-bond acceptors (Lipinski definition) is 6. The standard InChI is InChI=1S/C63H96O6/c1-4-7-10-13-16-19-22-25-27-29-30-31-32-34-35-38-41-44-47-50-53-56-62(65)68-59-60(58-67-61(64)55-52-49-46-43-40-37-24-21-18-15-12-9-6-3)69-63(66)57-54-51-48-45-42-39-36-33-28-26-23-20-17-14-11-8-5-2/h7-12,16-21,25-28,30-31,36-37,39-40,45-46,48-49,60H,4-6,13-15,22-24,29,32-35,38,41-44,47,50-59H2,1-3H3/b10-7-,11-8-,12-9-,19-16-,20-17-,21-18-,27-25-,28-26-,31-30-,39-36-,40-37-,48-45-,49-46-. The summed E-state index contributed by atoms with van der Waals surface area (Å²) in [6.45, 7) is 6.15. The van der Waals surface area contributed by atoms with Crippen molar-refractivity contribution in [2.75, 3.05) is 13.2 Å². The second-order valence-electron chi connectivity index (χ2n) is 17.0. The van der Waals surface area contributed by atoms with Crippen LogP contribution in [0.5, 0.6) is 0 Å². The van der Waals surface area contributed by atoms with E-state index >= 15 is 0 Å². The molecule has 0 saturated carbocycles. The van der Waals surface area contributed by atoms with Crippen LogP contribution in [-0.4, -0.2) is 37.2 Å². The molecule has 0 aromatic rings. The number of unbranched alkanes of at least 4 members (excludes halogenated alkanes) is 9. The van der Waals surface area contributed by atoms with E-state index in [-0.39, 0.29) is 38.0 Å². The lowest BCUT2D eigenvalue weighted by molar-refractivity contribution is -0.166. The van der Waals surface area contributed by atoms with E-state index in [1.165, 1.54) is 32.1 Å². The molecule has 0 bridgehead atoms. The summed E-state index contributed by atoms with van der Waals surface area (Å²) in [5.74, 6) is -1.10. The number of carbonyl (C=O) groups excluding carboxylic acids is 3. The van der Waals surface area contributed by atoms with Gasteiger partial charge in [-0.05, 0) is 122 Å². The molecule has 0 aromatic heterocycles. The Morgan fingerprint density at radius 2 is 0.565 bits per heavy atom. The maximum absolute atomic E-state index is 12.8. The Bertz CT molecular complexity index is 1610. The maximum Gasteiger partial charge on any atom is 0.306 e. The molecule has 0 aromatic carbocycles. The summed E-state index contributed by atoms with van der Waals surface area (Å²) in [7, 11) is 0. The van der Waals surface area contributed by atoms with Gasteiger partial charge in [-0.15, -0.1) is 0 Å². The van der Waals surface area contributed by atoms with E-state index in [1.807, 2.05) is 12.2 Å². The Hall–Kier alpha value is -4.97. The van der Waals surface area contributed by atoms with Crippen LogP contribution in [0.3, 0.4) is 0 Å². The Morgan fingerprint density at radius 3 is 0.942 bits per heavy atom. The van der Waals surface area contributed by atoms with Crippen LogP contribution in [0, 0.1) is 0 Å². The van der Waals surface area contributed by atoms with Crippen LogP contribution >= 0.6 is 0 Å². The molecule has 1 atom stereocenters. The van der Waals surface area contributed by atoms with E-state index in [0.717, 1.165) is 116 Å². The molecule has 384 valence electrons. The summed E-state index contributed by atoms with van der Waals surface area (Å²) >= 11 is 0.